The summed E-state index contributed by atoms with van der Waals surface area (Å²) in [6.07, 6.45) is 7.21. The molecule has 0 unspecified atom stereocenters. The second-order valence-corrected chi connectivity index (χ2v) is 4.99. The fraction of sp³-hybridized carbons (Fsp3) is 0.100. The molecule has 1 heterocycles. The number of pyridine rings is 1. The molecular formula is C20H20N4. The summed E-state index contributed by atoms with van der Waals surface area (Å²) in [6, 6.07) is 7.86. The predicted octanol–water partition coefficient (Wildman–Crippen LogP) is 3.43. The molecule has 0 bridgehead atoms. The van der Waals surface area contributed by atoms with Crippen molar-refractivity contribution in [1.82, 2.24) is 10.4 Å². The minimum absolute atomic E-state index is 0.399. The quantitative estimate of drug-likeness (QED) is 0.222. The standard InChI is InChI=1S/C20H20N4/c1-4-8-15(3)19(24-23-13-5-2)12-11-18-17-10-7-6-9-16(17)14-22-20(18)21/h4-10,14,23H,2-3,13H2,1H3,(H2,21,22)/b8-4-,24-19-. The Labute approximate surface area is 142 Å². The van der Waals surface area contributed by atoms with Crippen molar-refractivity contribution in [3.8, 4) is 11.8 Å². The van der Waals surface area contributed by atoms with Crippen LogP contribution in [0.15, 0.2) is 72.5 Å². The van der Waals surface area contributed by atoms with E-state index in [0.29, 0.717) is 29.2 Å². The first-order chi connectivity index (χ1) is 11.7. The highest BCUT2D eigenvalue weighted by Crippen LogP contribution is 2.20. The van der Waals surface area contributed by atoms with Crippen molar-refractivity contribution in [1.29, 1.82) is 0 Å². The summed E-state index contributed by atoms with van der Waals surface area (Å²) in [4.78, 5) is 4.21. The minimum atomic E-state index is 0.399. The van der Waals surface area contributed by atoms with E-state index in [1.807, 2.05) is 43.3 Å². The van der Waals surface area contributed by atoms with E-state index in [-0.39, 0.29) is 0 Å². The van der Waals surface area contributed by atoms with Gasteiger partial charge in [-0.15, -0.1) is 6.58 Å². The number of nitrogen functional groups attached to an aromatic ring is 1. The summed E-state index contributed by atoms with van der Waals surface area (Å²) < 4.78 is 0. The lowest BCUT2D eigenvalue weighted by molar-refractivity contribution is 0.829. The van der Waals surface area contributed by atoms with Crippen LogP contribution in [0.5, 0.6) is 0 Å². The van der Waals surface area contributed by atoms with Crippen molar-refractivity contribution in [2.45, 2.75) is 6.92 Å². The molecule has 0 saturated heterocycles. The number of rotatable bonds is 5. The molecule has 0 aliphatic rings. The Morgan fingerprint density at radius 3 is 2.96 bits per heavy atom. The highest BCUT2D eigenvalue weighted by Gasteiger charge is 2.04. The van der Waals surface area contributed by atoms with Gasteiger partial charge in [0.15, 0.2) is 0 Å². The molecule has 0 aliphatic heterocycles. The van der Waals surface area contributed by atoms with E-state index in [1.165, 1.54) is 0 Å². The zero-order valence-electron chi connectivity index (χ0n) is 13.7. The van der Waals surface area contributed by atoms with E-state index >= 15 is 0 Å². The van der Waals surface area contributed by atoms with Crippen LogP contribution in [0.3, 0.4) is 0 Å². The number of anilines is 1. The zero-order chi connectivity index (χ0) is 17.4. The lowest BCUT2D eigenvalue weighted by atomic mass is 10.1. The van der Waals surface area contributed by atoms with Crippen LogP contribution < -0.4 is 11.2 Å². The topological polar surface area (TPSA) is 63.3 Å². The van der Waals surface area contributed by atoms with Crippen molar-refractivity contribution in [2.24, 2.45) is 5.10 Å². The Hall–Kier alpha value is -3.32. The molecule has 0 spiro atoms. The third kappa shape index (κ3) is 4.11. The molecule has 0 atom stereocenters. The molecule has 0 saturated carbocycles. The van der Waals surface area contributed by atoms with E-state index in [9.17, 15) is 0 Å². The molecule has 1 aromatic carbocycles. The Bertz CT molecular complexity index is 879. The first-order valence-electron chi connectivity index (χ1n) is 7.56. The predicted molar refractivity (Wildman–Crippen MR) is 103 cm³/mol. The third-order valence-electron chi connectivity index (χ3n) is 3.23. The van der Waals surface area contributed by atoms with Gasteiger partial charge in [-0.05, 0) is 12.8 Å². The average Bonchev–Trinajstić information content (AvgIpc) is 2.59. The first kappa shape index (κ1) is 17.0. The van der Waals surface area contributed by atoms with Crippen LogP contribution in [0.1, 0.15) is 12.5 Å². The van der Waals surface area contributed by atoms with Crippen LogP contribution in [0.2, 0.25) is 0 Å². The van der Waals surface area contributed by atoms with Crippen LogP contribution in [-0.2, 0) is 0 Å². The van der Waals surface area contributed by atoms with E-state index in [4.69, 9.17) is 5.73 Å². The molecule has 24 heavy (non-hydrogen) atoms. The maximum Gasteiger partial charge on any atom is 0.140 e. The van der Waals surface area contributed by atoms with Crippen molar-refractivity contribution >= 4 is 22.3 Å². The number of nitrogens with one attached hydrogen (secondary N) is 1. The molecule has 0 radical (unpaired) electrons. The molecule has 1 aromatic heterocycles. The van der Waals surface area contributed by atoms with E-state index in [1.54, 1.807) is 12.3 Å². The maximum absolute atomic E-state index is 6.01. The highest BCUT2D eigenvalue weighted by molar-refractivity contribution is 6.14. The highest BCUT2D eigenvalue weighted by atomic mass is 15.3. The molecular weight excluding hydrogens is 296 g/mol. The largest absolute Gasteiger partial charge is 0.383 e. The average molecular weight is 316 g/mol. The molecule has 0 aliphatic carbocycles. The number of nitrogens with zero attached hydrogens (tertiary/aromatic N) is 2. The van der Waals surface area contributed by atoms with Crippen molar-refractivity contribution in [2.75, 3.05) is 12.3 Å². The lowest BCUT2D eigenvalue weighted by Crippen LogP contribution is -2.10. The van der Waals surface area contributed by atoms with Crippen molar-refractivity contribution in [3.63, 3.8) is 0 Å². The second-order valence-electron chi connectivity index (χ2n) is 4.99. The summed E-state index contributed by atoms with van der Waals surface area (Å²) >= 11 is 0. The molecule has 0 amide bonds. The molecule has 4 nitrogen and oxygen atoms in total. The van der Waals surface area contributed by atoms with Gasteiger partial charge in [-0.3, -0.25) is 0 Å². The number of hydrogen-bond donors (Lipinski definition) is 2. The summed E-state index contributed by atoms with van der Waals surface area (Å²) in [5, 5.41) is 6.22. The number of fused-ring (bicyclic) bond motifs is 1. The van der Waals surface area contributed by atoms with E-state index < -0.39 is 0 Å². The van der Waals surface area contributed by atoms with Crippen LogP contribution >= 0.6 is 0 Å². The van der Waals surface area contributed by atoms with E-state index in [2.05, 4.69) is 40.5 Å². The number of nitrogens with two attached hydrogens (primary N) is 1. The first-order valence-corrected chi connectivity index (χ1v) is 7.56. The van der Waals surface area contributed by atoms with Gasteiger partial charge in [0.25, 0.3) is 0 Å². The SMILES string of the molecule is C=CCN/N=C(/C#Cc1c(N)ncc2ccccc12)C(=C)/C=C\C. The summed E-state index contributed by atoms with van der Waals surface area (Å²) in [7, 11) is 0. The molecule has 120 valence electrons. The van der Waals surface area contributed by atoms with Crippen molar-refractivity contribution in [3.05, 3.63) is 73.0 Å². The van der Waals surface area contributed by atoms with Gasteiger partial charge in [-0.2, -0.15) is 5.10 Å². The van der Waals surface area contributed by atoms with Crippen LogP contribution in [0, 0.1) is 11.8 Å². The maximum atomic E-state index is 6.01. The summed E-state index contributed by atoms with van der Waals surface area (Å²) in [5.41, 5.74) is 10.9. The lowest BCUT2D eigenvalue weighted by Gasteiger charge is -2.03. The molecule has 4 heteroatoms. The van der Waals surface area contributed by atoms with Gasteiger partial charge in [0.05, 0.1) is 12.1 Å². The minimum Gasteiger partial charge on any atom is -0.383 e. The molecule has 0 fully saturated rings. The normalized spacial score (nSPS) is 11.1. The van der Waals surface area contributed by atoms with Gasteiger partial charge >= 0.3 is 0 Å². The van der Waals surface area contributed by atoms with Crippen LogP contribution in [0.4, 0.5) is 5.82 Å². The van der Waals surface area contributed by atoms with Gasteiger partial charge in [-0.25, -0.2) is 4.98 Å². The fourth-order valence-electron chi connectivity index (χ4n) is 2.08. The van der Waals surface area contributed by atoms with Gasteiger partial charge in [0.2, 0.25) is 0 Å². The Balaban J connectivity index is 2.47. The zero-order valence-corrected chi connectivity index (χ0v) is 13.7. The van der Waals surface area contributed by atoms with E-state index in [0.717, 1.165) is 10.8 Å². The Kier molecular flexibility index (Phi) is 5.93. The number of hydrazone groups is 1. The van der Waals surface area contributed by atoms with Crippen LogP contribution in [-0.4, -0.2) is 17.2 Å². The smallest absolute Gasteiger partial charge is 0.140 e. The van der Waals surface area contributed by atoms with Gasteiger partial charge in [-0.1, -0.05) is 55.0 Å². The molecule has 3 N–H and O–H groups in total. The summed E-state index contributed by atoms with van der Waals surface area (Å²) in [5.74, 6) is 6.54. The Morgan fingerprint density at radius 1 is 1.42 bits per heavy atom. The van der Waals surface area contributed by atoms with Crippen LogP contribution in [0.25, 0.3) is 10.8 Å². The number of aromatic nitrogens is 1. The Morgan fingerprint density at radius 2 is 2.21 bits per heavy atom. The third-order valence-corrected chi connectivity index (χ3v) is 3.23. The molecule has 2 aromatic rings. The second kappa shape index (κ2) is 8.35. The summed E-state index contributed by atoms with van der Waals surface area (Å²) in [6.45, 7) is 10.1. The number of allylic oxidation sites excluding steroid dienone is 3. The monoisotopic (exact) mass is 316 g/mol. The van der Waals surface area contributed by atoms with Crippen molar-refractivity contribution < 1.29 is 0 Å². The number of hydrogen-bond acceptors (Lipinski definition) is 4. The van der Waals surface area contributed by atoms with Gasteiger partial charge < -0.3 is 11.2 Å². The molecule has 2 rings (SSSR count). The number of benzene rings is 1. The van der Waals surface area contributed by atoms with Gasteiger partial charge in [0, 0.05) is 22.5 Å². The van der Waals surface area contributed by atoms with Gasteiger partial charge in [0.1, 0.15) is 11.5 Å². The fourth-order valence-corrected chi connectivity index (χ4v) is 2.08.